The SMILES string of the molecule is CCCC(N)C(=O)NC(C)c1ccc(OC(F)F)cc1.Cl. The molecule has 0 heterocycles. The number of nitrogens with two attached hydrogens (primary N) is 1. The number of benzene rings is 1. The minimum Gasteiger partial charge on any atom is -0.435 e. The van der Waals surface area contributed by atoms with E-state index < -0.39 is 12.7 Å². The lowest BCUT2D eigenvalue weighted by Crippen LogP contribution is -2.41. The molecular formula is C14H21ClF2N2O2. The smallest absolute Gasteiger partial charge is 0.387 e. The molecule has 0 saturated carbocycles. The second-order valence-electron chi connectivity index (χ2n) is 4.57. The van der Waals surface area contributed by atoms with Gasteiger partial charge in [-0.15, -0.1) is 12.4 Å². The quantitative estimate of drug-likeness (QED) is 0.811. The van der Waals surface area contributed by atoms with Crippen molar-refractivity contribution in [3.8, 4) is 5.75 Å². The fourth-order valence-electron chi connectivity index (χ4n) is 1.78. The zero-order valence-electron chi connectivity index (χ0n) is 12.0. The summed E-state index contributed by atoms with van der Waals surface area (Å²) in [4.78, 5) is 11.8. The van der Waals surface area contributed by atoms with Gasteiger partial charge in [0.1, 0.15) is 5.75 Å². The minimum absolute atomic E-state index is 0. The molecule has 0 saturated heterocycles. The maximum absolute atomic E-state index is 12.0. The summed E-state index contributed by atoms with van der Waals surface area (Å²) in [5.41, 5.74) is 6.51. The van der Waals surface area contributed by atoms with E-state index in [2.05, 4.69) is 10.1 Å². The molecule has 0 bridgehead atoms. The molecule has 0 aromatic heterocycles. The van der Waals surface area contributed by atoms with E-state index in [1.54, 1.807) is 19.1 Å². The molecule has 0 spiro atoms. The number of rotatable bonds is 7. The molecule has 0 aliphatic heterocycles. The zero-order chi connectivity index (χ0) is 15.1. The van der Waals surface area contributed by atoms with Gasteiger partial charge in [0.25, 0.3) is 0 Å². The van der Waals surface area contributed by atoms with Crippen molar-refractivity contribution in [3.05, 3.63) is 29.8 Å². The summed E-state index contributed by atoms with van der Waals surface area (Å²) in [5, 5.41) is 2.79. The van der Waals surface area contributed by atoms with Crippen molar-refractivity contribution < 1.29 is 18.3 Å². The lowest BCUT2D eigenvalue weighted by atomic mass is 10.1. The lowest BCUT2D eigenvalue weighted by molar-refractivity contribution is -0.123. The first-order chi connectivity index (χ1) is 9.43. The first kappa shape index (κ1) is 19.6. The third-order valence-electron chi connectivity index (χ3n) is 2.90. The van der Waals surface area contributed by atoms with Gasteiger partial charge in [-0.2, -0.15) is 8.78 Å². The van der Waals surface area contributed by atoms with E-state index in [1.165, 1.54) is 12.1 Å². The van der Waals surface area contributed by atoms with Gasteiger partial charge in [0.15, 0.2) is 0 Å². The van der Waals surface area contributed by atoms with Crippen molar-refractivity contribution >= 4 is 18.3 Å². The fraction of sp³-hybridized carbons (Fsp3) is 0.500. The summed E-state index contributed by atoms with van der Waals surface area (Å²) in [6.45, 7) is 0.919. The Morgan fingerprint density at radius 3 is 2.38 bits per heavy atom. The Labute approximate surface area is 129 Å². The molecule has 21 heavy (non-hydrogen) atoms. The van der Waals surface area contributed by atoms with Crippen LogP contribution in [0.3, 0.4) is 0 Å². The molecule has 2 atom stereocenters. The molecule has 3 N–H and O–H groups in total. The number of ether oxygens (including phenoxy) is 1. The first-order valence-electron chi connectivity index (χ1n) is 6.54. The number of carbonyl (C=O) groups excluding carboxylic acids is 1. The highest BCUT2D eigenvalue weighted by atomic mass is 35.5. The van der Waals surface area contributed by atoms with Gasteiger partial charge in [-0.05, 0) is 31.0 Å². The number of hydrogen-bond donors (Lipinski definition) is 2. The predicted molar refractivity (Wildman–Crippen MR) is 79.8 cm³/mol. The van der Waals surface area contributed by atoms with Crippen LogP contribution < -0.4 is 15.8 Å². The van der Waals surface area contributed by atoms with Crippen LogP contribution in [-0.4, -0.2) is 18.6 Å². The topological polar surface area (TPSA) is 64.4 Å². The number of halogens is 3. The lowest BCUT2D eigenvalue weighted by Gasteiger charge is -2.18. The summed E-state index contributed by atoms with van der Waals surface area (Å²) < 4.78 is 28.3. The van der Waals surface area contributed by atoms with E-state index in [-0.39, 0.29) is 30.1 Å². The van der Waals surface area contributed by atoms with Gasteiger partial charge in [-0.1, -0.05) is 25.5 Å². The average molecular weight is 323 g/mol. The van der Waals surface area contributed by atoms with Crippen molar-refractivity contribution in [2.75, 3.05) is 0 Å². The maximum atomic E-state index is 12.0. The van der Waals surface area contributed by atoms with Crippen LogP contribution in [-0.2, 0) is 4.79 Å². The highest BCUT2D eigenvalue weighted by molar-refractivity contribution is 5.85. The number of alkyl halides is 2. The zero-order valence-corrected chi connectivity index (χ0v) is 12.8. The average Bonchev–Trinajstić information content (AvgIpc) is 2.39. The number of carbonyl (C=O) groups is 1. The summed E-state index contributed by atoms with van der Waals surface area (Å²) in [6, 6.07) is 5.38. The third kappa shape index (κ3) is 6.73. The molecule has 0 fully saturated rings. The molecule has 120 valence electrons. The predicted octanol–water partition coefficient (Wildman–Crippen LogP) is 3.01. The van der Waals surface area contributed by atoms with Crippen LogP contribution >= 0.6 is 12.4 Å². The molecule has 1 aromatic rings. The van der Waals surface area contributed by atoms with Crippen molar-refractivity contribution in [2.24, 2.45) is 5.73 Å². The van der Waals surface area contributed by atoms with Gasteiger partial charge < -0.3 is 15.8 Å². The monoisotopic (exact) mass is 322 g/mol. The van der Waals surface area contributed by atoms with E-state index in [1.807, 2.05) is 6.92 Å². The standard InChI is InChI=1S/C14H20F2N2O2.ClH/c1-3-4-12(17)13(19)18-9(2)10-5-7-11(8-6-10)20-14(15)16;/h5-9,12,14H,3-4,17H2,1-2H3,(H,18,19);1H. The Bertz CT molecular complexity index is 429. The summed E-state index contributed by atoms with van der Waals surface area (Å²) in [7, 11) is 0. The largest absolute Gasteiger partial charge is 0.435 e. The Balaban J connectivity index is 0.00000400. The molecular weight excluding hydrogens is 302 g/mol. The maximum Gasteiger partial charge on any atom is 0.387 e. The summed E-state index contributed by atoms with van der Waals surface area (Å²) >= 11 is 0. The van der Waals surface area contributed by atoms with Gasteiger partial charge in [0.05, 0.1) is 12.1 Å². The molecule has 2 unspecified atom stereocenters. The van der Waals surface area contributed by atoms with Crippen LogP contribution in [0.4, 0.5) is 8.78 Å². The highest BCUT2D eigenvalue weighted by Gasteiger charge is 2.15. The highest BCUT2D eigenvalue weighted by Crippen LogP contribution is 2.19. The van der Waals surface area contributed by atoms with Crippen LogP contribution in [0.2, 0.25) is 0 Å². The van der Waals surface area contributed by atoms with Gasteiger partial charge in [0, 0.05) is 0 Å². The van der Waals surface area contributed by atoms with E-state index in [0.717, 1.165) is 12.0 Å². The molecule has 0 radical (unpaired) electrons. The van der Waals surface area contributed by atoms with Crippen LogP contribution in [0.5, 0.6) is 5.75 Å². The third-order valence-corrected chi connectivity index (χ3v) is 2.90. The number of hydrogen-bond acceptors (Lipinski definition) is 3. The Kier molecular flexibility index (Phi) is 8.89. The van der Waals surface area contributed by atoms with Crippen molar-refractivity contribution in [1.82, 2.24) is 5.32 Å². The Hall–Kier alpha value is -1.40. The number of nitrogens with one attached hydrogen (secondary N) is 1. The van der Waals surface area contributed by atoms with Crippen LogP contribution in [0.1, 0.15) is 38.3 Å². The van der Waals surface area contributed by atoms with E-state index in [4.69, 9.17) is 5.73 Å². The summed E-state index contributed by atoms with van der Waals surface area (Å²) in [6.07, 6.45) is 1.46. The van der Waals surface area contributed by atoms with Crippen LogP contribution in [0.25, 0.3) is 0 Å². The van der Waals surface area contributed by atoms with E-state index >= 15 is 0 Å². The Morgan fingerprint density at radius 2 is 1.90 bits per heavy atom. The van der Waals surface area contributed by atoms with E-state index in [9.17, 15) is 13.6 Å². The van der Waals surface area contributed by atoms with E-state index in [0.29, 0.717) is 6.42 Å². The van der Waals surface area contributed by atoms with Gasteiger partial charge in [0.2, 0.25) is 5.91 Å². The summed E-state index contributed by atoms with van der Waals surface area (Å²) in [5.74, 6) is -0.128. The van der Waals surface area contributed by atoms with Crippen LogP contribution in [0, 0.1) is 0 Å². The molecule has 4 nitrogen and oxygen atoms in total. The van der Waals surface area contributed by atoms with Gasteiger partial charge in [-0.3, -0.25) is 4.79 Å². The molecule has 1 amide bonds. The van der Waals surface area contributed by atoms with Gasteiger partial charge in [-0.25, -0.2) is 0 Å². The van der Waals surface area contributed by atoms with Crippen LogP contribution in [0.15, 0.2) is 24.3 Å². The second kappa shape index (κ2) is 9.52. The molecule has 0 aliphatic rings. The second-order valence-corrected chi connectivity index (χ2v) is 4.57. The Morgan fingerprint density at radius 1 is 1.33 bits per heavy atom. The molecule has 1 rings (SSSR count). The molecule has 7 heteroatoms. The first-order valence-corrected chi connectivity index (χ1v) is 6.54. The molecule has 0 aliphatic carbocycles. The fourth-order valence-corrected chi connectivity index (χ4v) is 1.78. The minimum atomic E-state index is -2.84. The molecule has 1 aromatic carbocycles. The van der Waals surface area contributed by atoms with Gasteiger partial charge >= 0.3 is 6.61 Å². The van der Waals surface area contributed by atoms with Crippen molar-refractivity contribution in [1.29, 1.82) is 0 Å². The van der Waals surface area contributed by atoms with Crippen molar-refractivity contribution in [2.45, 2.75) is 45.4 Å². The van der Waals surface area contributed by atoms with Crippen molar-refractivity contribution in [3.63, 3.8) is 0 Å². The normalized spacial score (nSPS) is 13.2. The number of amides is 1.